The fourth-order valence-electron chi connectivity index (χ4n) is 2.78. The fourth-order valence-corrected chi connectivity index (χ4v) is 4.11. The number of hydrogen-bond donors (Lipinski definition) is 1. The summed E-state index contributed by atoms with van der Waals surface area (Å²) >= 11 is 6.64. The number of anilines is 1. The minimum Gasteiger partial charge on any atom is -0.493 e. The van der Waals surface area contributed by atoms with Gasteiger partial charge in [0.25, 0.3) is 0 Å². The highest BCUT2D eigenvalue weighted by molar-refractivity contribution is 7.73. The quantitative estimate of drug-likeness (QED) is 0.562. The summed E-state index contributed by atoms with van der Waals surface area (Å²) in [5.74, 6) is 0.215. The SMILES string of the molecule is CCN1C=CC(=CC=C=Cc2sc(=S)n(CC)c2O)c2ccccc21. The number of fused-ring (bicyclic) bond motifs is 1. The summed E-state index contributed by atoms with van der Waals surface area (Å²) < 4.78 is 2.39. The molecule has 1 aromatic carbocycles. The van der Waals surface area contributed by atoms with Crippen LogP contribution >= 0.6 is 23.6 Å². The Hall–Kier alpha value is -2.33. The minimum absolute atomic E-state index is 0.215. The van der Waals surface area contributed by atoms with Crippen molar-refractivity contribution < 1.29 is 5.11 Å². The number of benzene rings is 1. The van der Waals surface area contributed by atoms with Crippen molar-refractivity contribution in [2.24, 2.45) is 0 Å². The van der Waals surface area contributed by atoms with Crippen LogP contribution in [0.3, 0.4) is 0 Å². The Labute approximate surface area is 157 Å². The zero-order valence-corrected chi connectivity index (χ0v) is 15.9. The van der Waals surface area contributed by atoms with Crippen LogP contribution in [0.5, 0.6) is 5.88 Å². The first kappa shape index (κ1) is 17.5. The molecule has 0 bridgehead atoms. The maximum Gasteiger partial charge on any atom is 0.211 e. The van der Waals surface area contributed by atoms with Gasteiger partial charge in [-0.2, -0.15) is 0 Å². The van der Waals surface area contributed by atoms with Crippen LogP contribution < -0.4 is 4.90 Å². The second-order valence-electron chi connectivity index (χ2n) is 5.52. The van der Waals surface area contributed by atoms with Gasteiger partial charge in [0, 0.05) is 36.6 Å². The Morgan fingerprint density at radius 3 is 2.76 bits per heavy atom. The Bertz CT molecular complexity index is 956. The third kappa shape index (κ3) is 3.54. The van der Waals surface area contributed by atoms with Crippen molar-refractivity contribution in [2.75, 3.05) is 11.4 Å². The number of rotatable bonds is 4. The molecule has 0 fully saturated rings. The minimum atomic E-state index is 0.215. The van der Waals surface area contributed by atoms with E-state index in [2.05, 4.69) is 54.1 Å². The zero-order valence-electron chi connectivity index (χ0n) is 14.3. The monoisotopic (exact) mass is 368 g/mol. The van der Waals surface area contributed by atoms with E-state index in [4.69, 9.17) is 12.2 Å². The average Bonchev–Trinajstić information content (AvgIpc) is 2.91. The number of para-hydroxylation sites is 1. The standard InChI is InChI=1S/C20H20N2OS2/c1-3-21-14-13-15(16-10-6-7-11-17(16)21)9-5-8-12-18-19(23)22(4-2)20(24)25-18/h5-7,9-14,23H,3-4H2,1-2H3. The molecule has 2 aromatic rings. The molecule has 0 spiro atoms. The van der Waals surface area contributed by atoms with Gasteiger partial charge in [-0.15, -0.1) is 17.1 Å². The summed E-state index contributed by atoms with van der Waals surface area (Å²) in [4.78, 5) is 2.96. The molecule has 0 saturated heterocycles. The normalized spacial score (nSPS) is 14.3. The summed E-state index contributed by atoms with van der Waals surface area (Å²) in [7, 11) is 0. The lowest BCUT2D eigenvalue weighted by atomic mass is 9.99. The molecule has 2 heterocycles. The van der Waals surface area contributed by atoms with E-state index in [0.29, 0.717) is 10.5 Å². The first-order valence-corrected chi connectivity index (χ1v) is 9.47. The highest BCUT2D eigenvalue weighted by Gasteiger charge is 2.13. The van der Waals surface area contributed by atoms with E-state index >= 15 is 0 Å². The molecule has 1 aromatic heterocycles. The fraction of sp³-hybridized carbons (Fsp3) is 0.200. The second-order valence-corrected chi connectivity index (χ2v) is 7.19. The molecule has 3 nitrogen and oxygen atoms in total. The van der Waals surface area contributed by atoms with Gasteiger partial charge in [-0.3, -0.25) is 4.57 Å². The van der Waals surface area contributed by atoms with Crippen LogP contribution in [0.2, 0.25) is 0 Å². The molecule has 3 rings (SSSR count). The van der Waals surface area contributed by atoms with E-state index in [1.54, 1.807) is 10.6 Å². The maximum atomic E-state index is 10.1. The number of hydrogen-bond acceptors (Lipinski definition) is 4. The highest BCUT2D eigenvalue weighted by atomic mass is 32.1. The van der Waals surface area contributed by atoms with E-state index in [-0.39, 0.29) is 5.88 Å². The Kier molecular flexibility index (Phi) is 5.39. The van der Waals surface area contributed by atoms with Crippen molar-refractivity contribution in [1.29, 1.82) is 0 Å². The van der Waals surface area contributed by atoms with Crippen LogP contribution in [0.15, 0.2) is 54.4 Å². The van der Waals surface area contributed by atoms with Crippen LogP contribution in [-0.2, 0) is 6.54 Å². The molecule has 25 heavy (non-hydrogen) atoms. The van der Waals surface area contributed by atoms with E-state index < -0.39 is 0 Å². The maximum absolute atomic E-state index is 10.1. The number of allylic oxidation sites excluding steroid dienone is 4. The van der Waals surface area contributed by atoms with Gasteiger partial charge < -0.3 is 10.0 Å². The van der Waals surface area contributed by atoms with Crippen LogP contribution in [0.1, 0.15) is 24.3 Å². The summed E-state index contributed by atoms with van der Waals surface area (Å²) in [6.07, 6.45) is 9.89. The number of aromatic hydroxyl groups is 1. The molecule has 0 amide bonds. The van der Waals surface area contributed by atoms with E-state index in [0.717, 1.165) is 17.0 Å². The molecule has 5 heteroatoms. The summed E-state index contributed by atoms with van der Waals surface area (Å²) in [6, 6.07) is 8.37. The molecular formula is C20H20N2OS2. The second kappa shape index (κ2) is 7.70. The van der Waals surface area contributed by atoms with Crippen molar-refractivity contribution in [3.63, 3.8) is 0 Å². The van der Waals surface area contributed by atoms with Crippen LogP contribution in [-0.4, -0.2) is 16.2 Å². The highest BCUT2D eigenvalue weighted by Crippen LogP contribution is 2.32. The molecule has 128 valence electrons. The lowest BCUT2D eigenvalue weighted by Crippen LogP contribution is -2.18. The zero-order chi connectivity index (χ0) is 17.8. The summed E-state index contributed by atoms with van der Waals surface area (Å²) in [6.45, 7) is 5.71. The van der Waals surface area contributed by atoms with Gasteiger partial charge >= 0.3 is 0 Å². The molecule has 1 N–H and O–H groups in total. The summed E-state index contributed by atoms with van der Waals surface area (Å²) in [5, 5.41) is 10.1. The number of nitrogens with zero attached hydrogens (tertiary/aromatic N) is 2. The van der Waals surface area contributed by atoms with Crippen LogP contribution in [0.4, 0.5) is 5.69 Å². The lowest BCUT2D eigenvalue weighted by Gasteiger charge is -2.26. The van der Waals surface area contributed by atoms with Gasteiger partial charge in [-0.05, 0) is 55.9 Å². The third-order valence-electron chi connectivity index (χ3n) is 4.08. The molecule has 0 saturated carbocycles. The Morgan fingerprint density at radius 2 is 2.04 bits per heavy atom. The van der Waals surface area contributed by atoms with Crippen molar-refractivity contribution in [3.05, 3.63) is 68.8 Å². The van der Waals surface area contributed by atoms with Crippen molar-refractivity contribution >= 4 is 40.9 Å². The topological polar surface area (TPSA) is 28.4 Å². The molecule has 1 aliphatic rings. The molecule has 0 unspecified atom stereocenters. The van der Waals surface area contributed by atoms with Crippen molar-refractivity contribution in [2.45, 2.75) is 20.4 Å². The molecular weight excluding hydrogens is 348 g/mol. The van der Waals surface area contributed by atoms with Gasteiger partial charge in [0.05, 0.1) is 4.88 Å². The van der Waals surface area contributed by atoms with E-state index in [9.17, 15) is 5.11 Å². The summed E-state index contributed by atoms with van der Waals surface area (Å²) in [5.41, 5.74) is 6.69. The van der Waals surface area contributed by atoms with Gasteiger partial charge in [-0.1, -0.05) is 18.2 Å². The molecule has 0 radical (unpaired) electrons. The van der Waals surface area contributed by atoms with Gasteiger partial charge in [-0.25, -0.2) is 0 Å². The van der Waals surface area contributed by atoms with E-state index in [1.807, 2.05) is 19.1 Å². The predicted molar refractivity (Wildman–Crippen MR) is 110 cm³/mol. The third-order valence-corrected chi connectivity index (χ3v) is 5.47. The first-order valence-electron chi connectivity index (χ1n) is 8.25. The molecule has 1 aliphatic heterocycles. The number of aromatic nitrogens is 1. The van der Waals surface area contributed by atoms with Gasteiger partial charge in [0.15, 0.2) is 3.95 Å². The predicted octanol–water partition coefficient (Wildman–Crippen LogP) is 5.61. The Morgan fingerprint density at radius 1 is 1.24 bits per heavy atom. The van der Waals surface area contributed by atoms with Crippen molar-refractivity contribution in [3.8, 4) is 5.88 Å². The smallest absolute Gasteiger partial charge is 0.211 e. The lowest BCUT2D eigenvalue weighted by molar-refractivity contribution is 0.419. The van der Waals surface area contributed by atoms with Gasteiger partial charge in [0.1, 0.15) is 0 Å². The van der Waals surface area contributed by atoms with Gasteiger partial charge in [0.2, 0.25) is 5.88 Å². The van der Waals surface area contributed by atoms with Crippen LogP contribution in [0.25, 0.3) is 11.6 Å². The van der Waals surface area contributed by atoms with Crippen molar-refractivity contribution in [1.82, 2.24) is 4.57 Å². The Balaban J connectivity index is 1.90. The number of thiazole rings is 1. The van der Waals surface area contributed by atoms with E-state index in [1.165, 1.54) is 22.6 Å². The largest absolute Gasteiger partial charge is 0.493 e. The first-order chi connectivity index (χ1) is 12.2. The molecule has 0 atom stereocenters. The molecule has 0 aliphatic carbocycles. The average molecular weight is 369 g/mol. The van der Waals surface area contributed by atoms with Crippen LogP contribution in [0, 0.1) is 3.95 Å².